The number of phenolic OH excluding ortho intramolecular Hbond substituents is 1. The van der Waals surface area contributed by atoms with Gasteiger partial charge in [0.05, 0.1) is 5.71 Å². The number of piperidine rings is 1. The van der Waals surface area contributed by atoms with Gasteiger partial charge in [-0.25, -0.2) is 12.2 Å². The molecule has 0 unspecified atom stereocenters. The van der Waals surface area contributed by atoms with Crippen LogP contribution < -0.4 is 56.7 Å². The molecule has 2 rings (SSSR count). The minimum absolute atomic E-state index is 0. The first kappa shape index (κ1) is 36.1. The van der Waals surface area contributed by atoms with Crippen molar-refractivity contribution in [1.29, 1.82) is 0 Å². The smallest absolute Gasteiger partial charge is 0.879 e. The summed E-state index contributed by atoms with van der Waals surface area (Å²) in [6.07, 6.45) is 7.26. The maximum Gasteiger partial charge on any atom is 1.00 e. The van der Waals surface area contributed by atoms with E-state index in [-0.39, 0.29) is 81.2 Å². The zero-order chi connectivity index (χ0) is 25.4. The van der Waals surface area contributed by atoms with Crippen molar-refractivity contribution < 1.29 is 56.5 Å². The first-order valence-corrected chi connectivity index (χ1v) is 11.6. The molecule has 0 bridgehead atoms. The van der Waals surface area contributed by atoms with Gasteiger partial charge in [-0.3, -0.25) is 4.99 Å². The minimum Gasteiger partial charge on any atom is -0.879 e. The molecule has 0 saturated carbocycles. The Bertz CT molecular complexity index is 899. The van der Waals surface area contributed by atoms with Crippen molar-refractivity contribution in [2.75, 3.05) is 7.05 Å². The third-order valence-corrected chi connectivity index (χ3v) is 5.80. The number of rotatable bonds is 7. The number of allylic oxidation sites excluding steroid dienone is 3. The van der Waals surface area contributed by atoms with Crippen LogP contribution in [-0.4, -0.2) is 46.1 Å². The fourth-order valence-corrected chi connectivity index (χ4v) is 4.47. The van der Waals surface area contributed by atoms with E-state index < -0.39 is 0 Å². The normalized spacial score (nSPS) is 17.0. The van der Waals surface area contributed by atoms with E-state index in [1.54, 1.807) is 24.3 Å². The van der Waals surface area contributed by atoms with E-state index in [0.29, 0.717) is 23.6 Å². The molecule has 0 atom stereocenters. The Kier molecular flexibility index (Phi) is 16.5. The van der Waals surface area contributed by atoms with Crippen molar-refractivity contribution in [2.45, 2.75) is 84.8 Å². The number of hydrogen-bond donors (Lipinski definition) is 2. The molecule has 35 heavy (non-hydrogen) atoms. The molecule has 1 aromatic rings. The number of nitrogens with zero attached hydrogens (tertiary/aromatic N) is 3. The molecule has 1 heterocycles. The fourth-order valence-electron chi connectivity index (χ4n) is 4.47. The van der Waals surface area contributed by atoms with Crippen molar-refractivity contribution >= 4 is 17.5 Å². The summed E-state index contributed by atoms with van der Waals surface area (Å²) in [5, 5.41) is 23.2. The van der Waals surface area contributed by atoms with Crippen molar-refractivity contribution in [2.24, 2.45) is 4.99 Å². The molecule has 0 amide bonds. The number of aromatic hydroxyl groups is 1. The maximum absolute atomic E-state index is 10.4. The zero-order valence-electron chi connectivity index (χ0n) is 23.7. The van der Waals surface area contributed by atoms with E-state index >= 15 is 0 Å². The molecule has 2 N–H and O–H groups in total. The summed E-state index contributed by atoms with van der Waals surface area (Å²) in [7, 11) is 2.13. The number of hydrogen-bond acceptors (Lipinski definition) is 4. The monoisotopic (exact) mass is 504 g/mol. The van der Waals surface area contributed by atoms with E-state index in [4.69, 9.17) is 17.0 Å². The number of nitrogens with one attached hydrogen (secondary N) is 1. The van der Waals surface area contributed by atoms with Gasteiger partial charge < -0.3 is 34.4 Å². The van der Waals surface area contributed by atoms with Crippen LogP contribution in [0.1, 0.15) is 78.9 Å². The van der Waals surface area contributed by atoms with Gasteiger partial charge in [0.1, 0.15) is 5.75 Å². The Labute approximate surface area is 257 Å². The van der Waals surface area contributed by atoms with Gasteiger partial charge >= 0.3 is 51.4 Å². The molecule has 1 aromatic carbocycles. The molecular weight excluding hydrogens is 459 g/mol. The molecule has 0 aliphatic carbocycles. The molecule has 5 nitrogen and oxygen atoms in total. The standard InChI is InChI=1S/C25H36N4O.C3H6.CH3.K/c1-9-22(21-11-10-19(12-23(21)30)17(2)15-26)27-16-18(3)29(8)20-13-24(4,5)28-25(6,7)14-20;1-3-2;;/h2,10-12,15-16,20,28,30H,9,13-14H2,1,3-8H3;3H,1H2,2H3;1H3;/q-2;;-1;+1/b18-16+,27-22?;;;. The summed E-state index contributed by atoms with van der Waals surface area (Å²) in [6.45, 7) is 24.1. The third-order valence-electron chi connectivity index (χ3n) is 5.80. The Morgan fingerprint density at radius 2 is 1.80 bits per heavy atom. The first-order valence-electron chi connectivity index (χ1n) is 11.6. The third kappa shape index (κ3) is 11.3. The molecule has 1 aliphatic rings. The van der Waals surface area contributed by atoms with E-state index in [1.165, 1.54) is 0 Å². The predicted octanol–water partition coefficient (Wildman–Crippen LogP) is 3.80. The summed E-state index contributed by atoms with van der Waals surface area (Å²) in [4.78, 5) is 7.01. The number of benzene rings is 1. The van der Waals surface area contributed by atoms with E-state index in [2.05, 4.69) is 58.5 Å². The van der Waals surface area contributed by atoms with Gasteiger partial charge in [-0.05, 0) is 60.8 Å². The predicted molar refractivity (Wildman–Crippen MR) is 150 cm³/mol. The van der Waals surface area contributed by atoms with Gasteiger partial charge in [-0.2, -0.15) is 0 Å². The van der Waals surface area contributed by atoms with Crippen LogP contribution in [0.4, 0.5) is 0 Å². The second-order valence-electron chi connectivity index (χ2n) is 9.99. The van der Waals surface area contributed by atoms with Gasteiger partial charge in [0.2, 0.25) is 0 Å². The average molecular weight is 505 g/mol. The van der Waals surface area contributed by atoms with Crippen LogP contribution in [-0.2, 0) is 0 Å². The topological polar surface area (TPSA) is 70.2 Å². The number of aliphatic imine (C=N–C) groups is 1. The molecule has 1 saturated heterocycles. The Morgan fingerprint density at radius 1 is 1.29 bits per heavy atom. The molecule has 0 spiro atoms. The van der Waals surface area contributed by atoms with Crippen molar-refractivity contribution in [3.63, 3.8) is 0 Å². The van der Waals surface area contributed by atoms with Crippen LogP contribution in [0.3, 0.4) is 0 Å². The van der Waals surface area contributed by atoms with Crippen molar-refractivity contribution in [3.05, 3.63) is 73.3 Å². The minimum atomic E-state index is 0. The van der Waals surface area contributed by atoms with Crippen LogP contribution in [0.25, 0.3) is 11.0 Å². The Hall–Kier alpha value is -1.02. The Morgan fingerprint density at radius 3 is 2.23 bits per heavy atom. The molecule has 6 heteroatoms. The Balaban J connectivity index is 0. The van der Waals surface area contributed by atoms with Crippen LogP contribution in [0.5, 0.6) is 5.75 Å². The summed E-state index contributed by atoms with van der Waals surface area (Å²) in [6, 6.07) is 5.52. The second-order valence-corrected chi connectivity index (χ2v) is 9.99. The summed E-state index contributed by atoms with van der Waals surface area (Å²) < 4.78 is 0. The molecule has 1 fully saturated rings. The number of phenols is 1. The maximum atomic E-state index is 10.4. The van der Waals surface area contributed by atoms with Gasteiger partial charge in [-0.15, -0.1) is 18.2 Å². The zero-order valence-corrected chi connectivity index (χ0v) is 26.9. The largest absolute Gasteiger partial charge is 1.00 e. The first-order chi connectivity index (χ1) is 15.3. The molecule has 190 valence electrons. The van der Waals surface area contributed by atoms with Crippen molar-refractivity contribution in [3.8, 4) is 5.75 Å². The van der Waals surface area contributed by atoms with Crippen molar-refractivity contribution in [1.82, 2.24) is 10.2 Å². The van der Waals surface area contributed by atoms with E-state index in [0.717, 1.165) is 30.5 Å². The molecule has 0 radical (unpaired) electrons. The molecule has 1 aliphatic heterocycles. The summed E-state index contributed by atoms with van der Waals surface area (Å²) in [5.74, 6) is 0.0964. The van der Waals surface area contributed by atoms with Crippen LogP contribution >= 0.6 is 0 Å². The van der Waals surface area contributed by atoms with Gasteiger partial charge in [-0.1, -0.05) is 25.1 Å². The summed E-state index contributed by atoms with van der Waals surface area (Å²) >= 11 is 0. The average Bonchev–Trinajstić information content (AvgIpc) is 2.72. The second kappa shape index (κ2) is 16.0. The van der Waals surface area contributed by atoms with Gasteiger partial charge in [0, 0.05) is 41.6 Å². The fraction of sp³-hybridized carbons (Fsp3) is 0.483. The molecule has 0 aromatic heterocycles. The van der Waals surface area contributed by atoms with Crippen LogP contribution in [0.15, 0.2) is 47.7 Å². The molecular formula is C29H45KN4O-2. The van der Waals surface area contributed by atoms with Crippen LogP contribution in [0.2, 0.25) is 0 Å². The van der Waals surface area contributed by atoms with E-state index in [9.17, 15) is 5.11 Å². The quantitative estimate of drug-likeness (QED) is 0.257. The van der Waals surface area contributed by atoms with Gasteiger partial charge in [0.25, 0.3) is 0 Å². The van der Waals surface area contributed by atoms with Crippen LogP contribution in [0, 0.1) is 14.0 Å². The van der Waals surface area contributed by atoms with E-state index in [1.807, 2.05) is 20.0 Å². The summed E-state index contributed by atoms with van der Waals surface area (Å²) in [5.41, 5.74) is 3.48. The SMILES string of the molecule is C=CC.[CH-]=C(C=[N-])c1ccc(C(CC)=N/C=C(\C)N(C)C2CC(C)(C)NC(C)(C)C2)c(O)c1.[CH3-].[K+]. The van der Waals surface area contributed by atoms with Gasteiger partial charge in [0.15, 0.2) is 0 Å².